The van der Waals surface area contributed by atoms with Gasteiger partial charge >= 0.3 is 5.97 Å². The van der Waals surface area contributed by atoms with E-state index in [4.69, 9.17) is 5.11 Å². The minimum absolute atomic E-state index is 0.484. The van der Waals surface area contributed by atoms with Gasteiger partial charge in [0.05, 0.1) is 0 Å². The van der Waals surface area contributed by atoms with Crippen LogP contribution in [0.1, 0.15) is 0 Å². The van der Waals surface area contributed by atoms with Gasteiger partial charge in [-0.15, -0.1) is 0 Å². The van der Waals surface area contributed by atoms with Gasteiger partial charge in [0.1, 0.15) is 6.04 Å². The molecule has 0 aliphatic carbocycles. The lowest BCUT2D eigenvalue weighted by Crippen LogP contribution is -2.55. The van der Waals surface area contributed by atoms with Crippen LogP contribution < -0.4 is 10.2 Å². The first-order valence-electron chi connectivity index (χ1n) is 4.89. The van der Waals surface area contributed by atoms with E-state index in [1.54, 1.807) is 12.4 Å². The molecule has 1 aliphatic rings. The van der Waals surface area contributed by atoms with Crippen LogP contribution in [0.2, 0.25) is 0 Å². The number of hydrogen-bond donors (Lipinski definition) is 2. The molecule has 0 radical (unpaired) electrons. The minimum Gasteiger partial charge on any atom is -0.480 e. The predicted octanol–water partition coefficient (Wildman–Crippen LogP) is -0.0556. The normalized spacial score (nSPS) is 21.3. The summed E-state index contributed by atoms with van der Waals surface area (Å²) in [6.45, 7) is 2.00. The van der Waals surface area contributed by atoms with E-state index in [9.17, 15) is 4.79 Å². The first-order valence-corrected chi connectivity index (χ1v) is 4.89. The highest BCUT2D eigenvalue weighted by molar-refractivity contribution is 5.78. The summed E-state index contributed by atoms with van der Waals surface area (Å²) in [6, 6.07) is 3.18. The number of anilines is 1. The smallest absolute Gasteiger partial charge is 0.327 e. The van der Waals surface area contributed by atoms with Crippen LogP contribution in [-0.2, 0) is 4.79 Å². The third-order valence-electron chi connectivity index (χ3n) is 2.52. The molecule has 80 valence electrons. The van der Waals surface area contributed by atoms with Crippen molar-refractivity contribution >= 4 is 11.7 Å². The van der Waals surface area contributed by atoms with E-state index in [1.807, 2.05) is 17.0 Å². The molecular formula is C10H13N3O2. The van der Waals surface area contributed by atoms with Crippen molar-refractivity contribution in [2.45, 2.75) is 6.04 Å². The van der Waals surface area contributed by atoms with E-state index >= 15 is 0 Å². The summed E-state index contributed by atoms with van der Waals surface area (Å²) in [5.74, 6) is -0.793. The Morgan fingerprint density at radius 2 is 2.27 bits per heavy atom. The van der Waals surface area contributed by atoms with E-state index in [-0.39, 0.29) is 0 Å². The molecule has 1 atom stereocenters. The molecule has 1 fully saturated rings. The van der Waals surface area contributed by atoms with Crippen molar-refractivity contribution in [1.82, 2.24) is 10.3 Å². The van der Waals surface area contributed by atoms with E-state index in [0.717, 1.165) is 12.2 Å². The molecule has 2 rings (SSSR count). The fraction of sp³-hybridized carbons (Fsp3) is 0.400. The second-order valence-electron chi connectivity index (χ2n) is 3.46. The van der Waals surface area contributed by atoms with Gasteiger partial charge in [-0.25, -0.2) is 4.79 Å². The van der Waals surface area contributed by atoms with Crippen LogP contribution in [0, 0.1) is 0 Å². The van der Waals surface area contributed by atoms with Gasteiger partial charge in [0.2, 0.25) is 0 Å². The van der Waals surface area contributed by atoms with Crippen molar-refractivity contribution in [3.63, 3.8) is 0 Å². The Bertz CT molecular complexity index is 342. The van der Waals surface area contributed by atoms with Gasteiger partial charge in [-0.1, -0.05) is 0 Å². The largest absolute Gasteiger partial charge is 0.480 e. The molecule has 0 amide bonds. The molecule has 1 saturated heterocycles. The van der Waals surface area contributed by atoms with Crippen LogP contribution in [0.15, 0.2) is 24.5 Å². The van der Waals surface area contributed by atoms with Crippen LogP contribution in [-0.4, -0.2) is 41.7 Å². The molecule has 2 N–H and O–H groups in total. The standard InChI is InChI=1S/C10H13N3O2/c14-10(15)9-7-12-5-6-13(9)8-1-3-11-4-2-8/h1-4,9,12H,5-7H2,(H,14,15). The van der Waals surface area contributed by atoms with Gasteiger partial charge < -0.3 is 15.3 Å². The Morgan fingerprint density at radius 3 is 2.93 bits per heavy atom. The van der Waals surface area contributed by atoms with Crippen molar-refractivity contribution < 1.29 is 9.90 Å². The van der Waals surface area contributed by atoms with Crippen molar-refractivity contribution in [2.75, 3.05) is 24.5 Å². The van der Waals surface area contributed by atoms with Crippen molar-refractivity contribution in [3.05, 3.63) is 24.5 Å². The van der Waals surface area contributed by atoms with Gasteiger partial charge in [0.15, 0.2) is 0 Å². The maximum Gasteiger partial charge on any atom is 0.327 e. The zero-order valence-corrected chi connectivity index (χ0v) is 8.26. The predicted molar refractivity (Wildman–Crippen MR) is 55.9 cm³/mol. The second-order valence-corrected chi connectivity index (χ2v) is 3.46. The Balaban J connectivity index is 2.22. The number of aliphatic carboxylic acids is 1. The summed E-state index contributed by atoms with van der Waals surface area (Å²) in [6.07, 6.45) is 3.35. The number of rotatable bonds is 2. The molecular weight excluding hydrogens is 194 g/mol. The first kappa shape index (κ1) is 9.92. The van der Waals surface area contributed by atoms with Gasteiger partial charge in [0.25, 0.3) is 0 Å². The third-order valence-corrected chi connectivity index (χ3v) is 2.52. The average Bonchev–Trinajstić information content (AvgIpc) is 2.30. The third kappa shape index (κ3) is 2.07. The Labute approximate surface area is 87.7 Å². The summed E-state index contributed by atoms with van der Waals surface area (Å²) in [7, 11) is 0. The van der Waals surface area contributed by atoms with Crippen LogP contribution in [0.5, 0.6) is 0 Å². The quantitative estimate of drug-likeness (QED) is 0.711. The number of piperazine rings is 1. The number of aromatic nitrogens is 1. The SMILES string of the molecule is O=C(O)C1CNCCN1c1ccncc1. The summed E-state index contributed by atoms with van der Waals surface area (Å²) < 4.78 is 0. The van der Waals surface area contributed by atoms with Crippen LogP contribution in [0.4, 0.5) is 5.69 Å². The molecule has 1 aliphatic heterocycles. The van der Waals surface area contributed by atoms with Gasteiger partial charge in [-0.3, -0.25) is 4.98 Å². The number of nitrogens with one attached hydrogen (secondary N) is 1. The molecule has 5 heteroatoms. The Hall–Kier alpha value is -1.62. The fourth-order valence-corrected chi connectivity index (χ4v) is 1.77. The molecule has 0 spiro atoms. The summed E-state index contributed by atoms with van der Waals surface area (Å²) in [5.41, 5.74) is 0.916. The average molecular weight is 207 g/mol. The van der Waals surface area contributed by atoms with Crippen molar-refractivity contribution in [2.24, 2.45) is 0 Å². The van der Waals surface area contributed by atoms with Crippen molar-refractivity contribution in [3.8, 4) is 0 Å². The van der Waals surface area contributed by atoms with E-state index < -0.39 is 12.0 Å². The number of carboxylic acids is 1. The molecule has 0 bridgehead atoms. The van der Waals surface area contributed by atoms with Gasteiger partial charge in [-0.05, 0) is 12.1 Å². The summed E-state index contributed by atoms with van der Waals surface area (Å²) in [4.78, 5) is 16.9. The van der Waals surface area contributed by atoms with Crippen molar-refractivity contribution in [1.29, 1.82) is 0 Å². The van der Waals surface area contributed by atoms with Crippen LogP contribution >= 0.6 is 0 Å². The Morgan fingerprint density at radius 1 is 1.53 bits per heavy atom. The molecule has 1 aromatic rings. The maximum atomic E-state index is 11.0. The van der Waals surface area contributed by atoms with E-state index in [0.29, 0.717) is 13.1 Å². The lowest BCUT2D eigenvalue weighted by molar-refractivity contribution is -0.138. The van der Waals surface area contributed by atoms with Gasteiger partial charge in [0, 0.05) is 37.7 Å². The van der Waals surface area contributed by atoms with E-state index in [2.05, 4.69) is 10.3 Å². The fourth-order valence-electron chi connectivity index (χ4n) is 1.77. The maximum absolute atomic E-state index is 11.0. The molecule has 5 nitrogen and oxygen atoms in total. The number of carbonyl (C=O) groups is 1. The molecule has 15 heavy (non-hydrogen) atoms. The monoisotopic (exact) mass is 207 g/mol. The first-order chi connectivity index (χ1) is 7.29. The number of pyridine rings is 1. The summed E-state index contributed by atoms with van der Waals surface area (Å²) >= 11 is 0. The Kier molecular flexibility index (Phi) is 2.82. The topological polar surface area (TPSA) is 65.5 Å². The highest BCUT2D eigenvalue weighted by Gasteiger charge is 2.28. The molecule has 1 unspecified atom stereocenters. The second kappa shape index (κ2) is 4.27. The number of nitrogens with zero attached hydrogens (tertiary/aromatic N) is 2. The lowest BCUT2D eigenvalue weighted by Gasteiger charge is -2.35. The zero-order valence-electron chi connectivity index (χ0n) is 8.26. The highest BCUT2D eigenvalue weighted by Crippen LogP contribution is 2.16. The van der Waals surface area contributed by atoms with E-state index in [1.165, 1.54) is 0 Å². The van der Waals surface area contributed by atoms with Crippen LogP contribution in [0.25, 0.3) is 0 Å². The number of hydrogen-bond acceptors (Lipinski definition) is 4. The van der Waals surface area contributed by atoms with Gasteiger partial charge in [-0.2, -0.15) is 0 Å². The minimum atomic E-state index is -0.793. The highest BCUT2D eigenvalue weighted by atomic mass is 16.4. The molecule has 0 saturated carbocycles. The number of carboxylic acid groups (broad SMARTS) is 1. The summed E-state index contributed by atoms with van der Waals surface area (Å²) in [5, 5.41) is 12.2. The van der Waals surface area contributed by atoms with Crippen LogP contribution in [0.3, 0.4) is 0 Å². The zero-order chi connectivity index (χ0) is 10.7. The molecule has 0 aromatic carbocycles. The molecule has 2 heterocycles. The lowest BCUT2D eigenvalue weighted by atomic mass is 10.1. The molecule has 1 aromatic heterocycles.